The molecule has 4 nitrogen and oxygen atoms in total. The Labute approximate surface area is 132 Å². The van der Waals surface area contributed by atoms with E-state index in [0.717, 1.165) is 37.6 Å². The molecule has 1 saturated carbocycles. The van der Waals surface area contributed by atoms with Gasteiger partial charge in [0.2, 0.25) is 0 Å². The van der Waals surface area contributed by atoms with Crippen molar-refractivity contribution in [2.75, 3.05) is 18.5 Å². The number of rotatable bonds is 4. The molecule has 1 aromatic carbocycles. The van der Waals surface area contributed by atoms with E-state index in [4.69, 9.17) is 4.74 Å². The molecule has 4 rings (SSSR count). The summed E-state index contributed by atoms with van der Waals surface area (Å²) in [5.74, 6) is 0.0958. The summed E-state index contributed by atoms with van der Waals surface area (Å²) in [6.07, 6.45) is 3.95. The Hall–Kier alpha value is -2.08. The molecule has 1 aliphatic heterocycles. The summed E-state index contributed by atoms with van der Waals surface area (Å²) in [6.45, 7) is 1.41. The highest BCUT2D eigenvalue weighted by Gasteiger charge is 2.46. The summed E-state index contributed by atoms with van der Waals surface area (Å²) in [5.41, 5.74) is 0.724. The lowest BCUT2D eigenvalue weighted by Gasteiger charge is -2.20. The van der Waals surface area contributed by atoms with Crippen LogP contribution in [0, 0.1) is 11.6 Å². The average molecular weight is 317 g/mol. The van der Waals surface area contributed by atoms with Gasteiger partial charge < -0.3 is 10.1 Å². The number of benzene rings is 1. The Bertz CT molecular complexity index is 728. The number of nitrogens with zero attached hydrogens (tertiary/aromatic N) is 2. The van der Waals surface area contributed by atoms with Crippen LogP contribution in [0.15, 0.2) is 30.6 Å². The smallest absolute Gasteiger partial charge is 0.130 e. The molecule has 1 atom stereocenters. The fraction of sp³-hybridized carbons (Fsp3) is 0.412. The lowest BCUT2D eigenvalue weighted by molar-refractivity contribution is 0.193. The van der Waals surface area contributed by atoms with Crippen LogP contribution in [0.25, 0.3) is 0 Å². The van der Waals surface area contributed by atoms with Crippen molar-refractivity contribution < 1.29 is 13.5 Å². The summed E-state index contributed by atoms with van der Waals surface area (Å²) in [7, 11) is 0. The zero-order valence-electron chi connectivity index (χ0n) is 12.6. The van der Waals surface area contributed by atoms with E-state index in [9.17, 15) is 8.78 Å². The van der Waals surface area contributed by atoms with Crippen molar-refractivity contribution in [2.45, 2.75) is 30.7 Å². The monoisotopic (exact) mass is 317 g/mol. The molecule has 1 aromatic heterocycles. The number of ether oxygens (including phenoxy) is 1. The summed E-state index contributed by atoms with van der Waals surface area (Å²) < 4.78 is 32.9. The number of hydrogen-bond acceptors (Lipinski definition) is 4. The molecule has 1 aliphatic carbocycles. The van der Waals surface area contributed by atoms with E-state index in [1.165, 1.54) is 18.5 Å². The van der Waals surface area contributed by atoms with Gasteiger partial charge in [-0.05, 0) is 37.5 Å². The maximum absolute atomic E-state index is 14.1. The maximum atomic E-state index is 14.1. The standard InChI is InChI=1S/C17H17F2N3O/c18-12-1-2-14(19)13(7-12)17(4-5-17)22-16-8-15(20-10-21-16)11-3-6-23-9-11/h1-2,7-8,10-11H,3-6,9H2,(H,20,21,22). The second kappa shape index (κ2) is 5.53. The van der Waals surface area contributed by atoms with Crippen LogP contribution in [0.4, 0.5) is 14.6 Å². The molecule has 1 saturated heterocycles. The first-order valence-electron chi connectivity index (χ1n) is 7.80. The molecule has 1 unspecified atom stereocenters. The van der Waals surface area contributed by atoms with Crippen molar-refractivity contribution in [3.05, 3.63) is 53.5 Å². The van der Waals surface area contributed by atoms with Gasteiger partial charge in [-0.3, -0.25) is 0 Å². The SMILES string of the molecule is Fc1ccc(F)c(C2(Nc3cc(C4CCOC4)ncn3)CC2)c1. The van der Waals surface area contributed by atoms with Crippen molar-refractivity contribution >= 4 is 5.82 Å². The van der Waals surface area contributed by atoms with Gasteiger partial charge in [0.25, 0.3) is 0 Å². The van der Waals surface area contributed by atoms with E-state index in [0.29, 0.717) is 18.0 Å². The highest BCUT2D eigenvalue weighted by atomic mass is 19.1. The molecule has 1 N–H and O–H groups in total. The molecule has 23 heavy (non-hydrogen) atoms. The highest BCUT2D eigenvalue weighted by molar-refractivity contribution is 5.47. The number of hydrogen-bond donors (Lipinski definition) is 1. The van der Waals surface area contributed by atoms with Crippen LogP contribution >= 0.6 is 0 Å². The Kier molecular flexibility index (Phi) is 3.49. The fourth-order valence-corrected chi connectivity index (χ4v) is 3.13. The highest BCUT2D eigenvalue weighted by Crippen LogP contribution is 2.49. The Morgan fingerprint density at radius 1 is 1.17 bits per heavy atom. The van der Waals surface area contributed by atoms with Gasteiger partial charge in [-0.15, -0.1) is 0 Å². The largest absolute Gasteiger partial charge is 0.381 e. The number of aromatic nitrogens is 2. The Morgan fingerprint density at radius 2 is 2.04 bits per heavy atom. The van der Waals surface area contributed by atoms with Crippen LogP contribution in [0.3, 0.4) is 0 Å². The first-order chi connectivity index (χ1) is 11.2. The molecule has 0 radical (unpaired) electrons. The van der Waals surface area contributed by atoms with Crippen molar-refractivity contribution in [3.8, 4) is 0 Å². The topological polar surface area (TPSA) is 47.0 Å². The second-order valence-electron chi connectivity index (χ2n) is 6.22. The van der Waals surface area contributed by atoms with Gasteiger partial charge in [-0.25, -0.2) is 18.7 Å². The van der Waals surface area contributed by atoms with E-state index < -0.39 is 17.2 Å². The molecule has 2 heterocycles. The Balaban J connectivity index is 1.60. The van der Waals surface area contributed by atoms with E-state index in [1.54, 1.807) is 0 Å². The third-order valence-corrected chi connectivity index (χ3v) is 4.60. The molecule has 6 heteroatoms. The number of halogens is 2. The second-order valence-corrected chi connectivity index (χ2v) is 6.22. The first-order valence-corrected chi connectivity index (χ1v) is 7.80. The summed E-state index contributed by atoms with van der Waals surface area (Å²) in [5, 5.41) is 3.28. The van der Waals surface area contributed by atoms with Crippen molar-refractivity contribution in [1.29, 1.82) is 0 Å². The summed E-state index contributed by atoms with van der Waals surface area (Å²) in [4.78, 5) is 8.55. The molecular formula is C17H17F2N3O. The molecule has 2 aliphatic rings. The molecule has 120 valence electrons. The van der Waals surface area contributed by atoms with Gasteiger partial charge in [0, 0.05) is 24.2 Å². The van der Waals surface area contributed by atoms with Crippen LogP contribution < -0.4 is 5.32 Å². The van der Waals surface area contributed by atoms with Gasteiger partial charge in [-0.2, -0.15) is 0 Å². The van der Waals surface area contributed by atoms with Crippen molar-refractivity contribution in [3.63, 3.8) is 0 Å². The summed E-state index contributed by atoms with van der Waals surface area (Å²) in [6, 6.07) is 5.46. The molecular weight excluding hydrogens is 300 g/mol. The molecule has 0 bridgehead atoms. The number of anilines is 1. The van der Waals surface area contributed by atoms with Crippen LogP contribution in [-0.4, -0.2) is 23.2 Å². The molecule has 2 fully saturated rings. The quantitative estimate of drug-likeness (QED) is 0.939. The number of nitrogens with one attached hydrogen (secondary N) is 1. The third-order valence-electron chi connectivity index (χ3n) is 4.60. The maximum Gasteiger partial charge on any atom is 0.130 e. The lowest BCUT2D eigenvalue weighted by atomic mass is 10.0. The average Bonchev–Trinajstić information content (AvgIpc) is 3.12. The van der Waals surface area contributed by atoms with Crippen molar-refractivity contribution in [1.82, 2.24) is 9.97 Å². The van der Waals surface area contributed by atoms with Gasteiger partial charge in [-0.1, -0.05) is 0 Å². The van der Waals surface area contributed by atoms with E-state index >= 15 is 0 Å². The Morgan fingerprint density at radius 3 is 2.78 bits per heavy atom. The van der Waals surface area contributed by atoms with Gasteiger partial charge in [0.15, 0.2) is 0 Å². The first kappa shape index (κ1) is 14.5. The predicted octanol–water partition coefficient (Wildman–Crippen LogP) is 3.36. The minimum Gasteiger partial charge on any atom is -0.381 e. The fourth-order valence-electron chi connectivity index (χ4n) is 3.13. The lowest BCUT2D eigenvalue weighted by Crippen LogP contribution is -2.21. The minimum atomic E-state index is -0.565. The van der Waals surface area contributed by atoms with Gasteiger partial charge >= 0.3 is 0 Å². The zero-order valence-corrected chi connectivity index (χ0v) is 12.6. The third kappa shape index (κ3) is 2.79. The van der Waals surface area contributed by atoms with E-state index in [2.05, 4.69) is 15.3 Å². The van der Waals surface area contributed by atoms with Crippen LogP contribution in [0.2, 0.25) is 0 Å². The van der Waals surface area contributed by atoms with Gasteiger partial charge in [0.05, 0.1) is 17.8 Å². The molecule has 0 spiro atoms. The minimum absolute atomic E-state index is 0.277. The normalized spacial score (nSPS) is 22.1. The molecule has 0 amide bonds. The van der Waals surface area contributed by atoms with E-state index in [1.807, 2.05) is 6.07 Å². The van der Waals surface area contributed by atoms with Gasteiger partial charge in [0.1, 0.15) is 23.8 Å². The predicted molar refractivity (Wildman–Crippen MR) is 81.1 cm³/mol. The van der Waals surface area contributed by atoms with Crippen LogP contribution in [-0.2, 0) is 10.3 Å². The molecule has 2 aromatic rings. The van der Waals surface area contributed by atoms with Crippen LogP contribution in [0.1, 0.15) is 36.4 Å². The van der Waals surface area contributed by atoms with Crippen LogP contribution in [0.5, 0.6) is 0 Å². The van der Waals surface area contributed by atoms with E-state index in [-0.39, 0.29) is 5.92 Å². The zero-order chi connectivity index (χ0) is 15.9. The summed E-state index contributed by atoms with van der Waals surface area (Å²) >= 11 is 0. The van der Waals surface area contributed by atoms with Crippen molar-refractivity contribution in [2.24, 2.45) is 0 Å².